The minimum atomic E-state index is -0.787. The number of hydrogen-bond donors (Lipinski definition) is 2. The third-order valence-corrected chi connectivity index (χ3v) is 3.98. The number of hydrogen-bond acceptors (Lipinski definition) is 3. The van der Waals surface area contributed by atoms with Gasteiger partial charge in [0, 0.05) is 6.04 Å². The Kier molecular flexibility index (Phi) is 9.02. The van der Waals surface area contributed by atoms with Gasteiger partial charge in [0.1, 0.15) is 5.54 Å². The molecule has 4 heteroatoms. The average Bonchev–Trinajstić information content (AvgIpc) is 2.40. The number of carboxylic acid groups (broad SMARTS) is 1. The van der Waals surface area contributed by atoms with Gasteiger partial charge in [-0.25, -0.2) is 0 Å². The number of carboxylic acids is 1. The predicted octanol–water partition coefficient (Wildman–Crippen LogP) is 2.73. The lowest BCUT2D eigenvalue weighted by molar-refractivity contribution is -0.144. The molecule has 0 aromatic rings. The maximum absolute atomic E-state index is 11.4. The van der Waals surface area contributed by atoms with Gasteiger partial charge in [0.15, 0.2) is 0 Å². The molecule has 0 heterocycles. The molecule has 0 amide bonds. The molecule has 0 saturated carbocycles. The quantitative estimate of drug-likeness (QED) is 0.607. The highest BCUT2D eigenvalue weighted by atomic mass is 16.4. The zero-order valence-electron chi connectivity index (χ0n) is 13.3. The van der Waals surface area contributed by atoms with Gasteiger partial charge in [0.2, 0.25) is 0 Å². The van der Waals surface area contributed by atoms with E-state index in [1.807, 2.05) is 0 Å². The van der Waals surface area contributed by atoms with Crippen molar-refractivity contribution in [2.75, 3.05) is 19.6 Å². The molecule has 0 aliphatic carbocycles. The van der Waals surface area contributed by atoms with E-state index in [4.69, 9.17) is 0 Å². The van der Waals surface area contributed by atoms with Gasteiger partial charge in [0.25, 0.3) is 0 Å². The van der Waals surface area contributed by atoms with Gasteiger partial charge in [0.05, 0.1) is 0 Å². The second-order valence-corrected chi connectivity index (χ2v) is 5.55. The summed E-state index contributed by atoms with van der Waals surface area (Å²) in [5.74, 6) is -0.743. The fourth-order valence-electron chi connectivity index (χ4n) is 2.26. The maximum Gasteiger partial charge on any atom is 0.323 e. The van der Waals surface area contributed by atoms with E-state index in [2.05, 4.69) is 37.9 Å². The zero-order chi connectivity index (χ0) is 14.9. The van der Waals surface area contributed by atoms with Crippen molar-refractivity contribution in [3.8, 4) is 0 Å². The smallest absolute Gasteiger partial charge is 0.323 e. The molecule has 0 saturated heterocycles. The first-order valence-electron chi connectivity index (χ1n) is 7.63. The van der Waals surface area contributed by atoms with E-state index in [0.29, 0.717) is 12.5 Å². The van der Waals surface area contributed by atoms with Crippen LogP contribution >= 0.6 is 0 Å². The van der Waals surface area contributed by atoms with E-state index in [9.17, 15) is 9.90 Å². The van der Waals surface area contributed by atoms with E-state index in [-0.39, 0.29) is 0 Å². The van der Waals surface area contributed by atoms with Crippen LogP contribution in [0.5, 0.6) is 0 Å². The Morgan fingerprint density at radius 3 is 2.42 bits per heavy atom. The molecule has 0 aliphatic rings. The molecule has 0 fully saturated rings. The van der Waals surface area contributed by atoms with E-state index in [0.717, 1.165) is 38.9 Å². The predicted molar refractivity (Wildman–Crippen MR) is 80.6 cm³/mol. The fraction of sp³-hybridized carbons (Fsp3) is 0.933. The second kappa shape index (κ2) is 9.32. The highest BCUT2D eigenvalue weighted by Crippen LogP contribution is 2.15. The van der Waals surface area contributed by atoms with Crippen LogP contribution in [0.15, 0.2) is 0 Å². The van der Waals surface area contributed by atoms with Crippen molar-refractivity contribution in [2.24, 2.45) is 0 Å². The molecule has 2 N–H and O–H groups in total. The highest BCUT2D eigenvalue weighted by molar-refractivity contribution is 5.78. The van der Waals surface area contributed by atoms with Crippen LogP contribution in [-0.2, 0) is 4.79 Å². The topological polar surface area (TPSA) is 52.6 Å². The van der Waals surface area contributed by atoms with Crippen LogP contribution in [-0.4, -0.2) is 47.2 Å². The number of rotatable bonds is 11. The Labute approximate surface area is 118 Å². The summed E-state index contributed by atoms with van der Waals surface area (Å²) < 4.78 is 0. The SMILES string of the molecule is CCCNC(C)(CCCN(CC)C(C)CC)C(=O)O. The summed E-state index contributed by atoms with van der Waals surface area (Å²) in [5, 5.41) is 12.5. The molecule has 0 aromatic heterocycles. The lowest BCUT2D eigenvalue weighted by Crippen LogP contribution is -2.50. The molecule has 2 unspecified atom stereocenters. The number of carbonyl (C=O) groups is 1. The lowest BCUT2D eigenvalue weighted by atomic mass is 9.95. The minimum absolute atomic E-state index is 0.574. The molecule has 19 heavy (non-hydrogen) atoms. The molecule has 0 aliphatic heterocycles. The first kappa shape index (κ1) is 18.4. The molecule has 0 bridgehead atoms. The Bertz CT molecular complexity index is 259. The normalized spacial score (nSPS) is 16.3. The third kappa shape index (κ3) is 6.39. The van der Waals surface area contributed by atoms with E-state index in [1.54, 1.807) is 6.92 Å². The Morgan fingerprint density at radius 1 is 1.37 bits per heavy atom. The lowest BCUT2D eigenvalue weighted by Gasteiger charge is -2.30. The summed E-state index contributed by atoms with van der Waals surface area (Å²) in [5.41, 5.74) is -0.787. The van der Waals surface area contributed by atoms with Crippen molar-refractivity contribution >= 4 is 5.97 Å². The number of nitrogens with one attached hydrogen (secondary N) is 1. The molecular formula is C15H32N2O2. The first-order chi connectivity index (χ1) is 8.91. The minimum Gasteiger partial charge on any atom is -0.480 e. The molecule has 4 nitrogen and oxygen atoms in total. The zero-order valence-corrected chi connectivity index (χ0v) is 13.3. The Balaban J connectivity index is 4.28. The van der Waals surface area contributed by atoms with Crippen molar-refractivity contribution in [3.63, 3.8) is 0 Å². The molecule has 0 aromatic carbocycles. The van der Waals surface area contributed by atoms with Gasteiger partial charge >= 0.3 is 5.97 Å². The van der Waals surface area contributed by atoms with Gasteiger partial charge in [-0.1, -0.05) is 20.8 Å². The second-order valence-electron chi connectivity index (χ2n) is 5.55. The summed E-state index contributed by atoms with van der Waals surface area (Å²) in [4.78, 5) is 13.8. The summed E-state index contributed by atoms with van der Waals surface area (Å²) in [6.07, 6.45) is 3.68. The van der Waals surface area contributed by atoms with E-state index in [1.165, 1.54) is 0 Å². The number of aliphatic carboxylic acids is 1. The number of nitrogens with zero attached hydrogens (tertiary/aromatic N) is 1. The van der Waals surface area contributed by atoms with Gasteiger partial charge in [-0.2, -0.15) is 0 Å². The summed E-state index contributed by atoms with van der Waals surface area (Å²) in [6, 6.07) is 0.574. The standard InChI is InChI=1S/C15H32N2O2/c1-6-11-16-15(5,14(18)19)10-9-12-17(8-3)13(4)7-2/h13,16H,6-12H2,1-5H3,(H,18,19). The van der Waals surface area contributed by atoms with E-state index < -0.39 is 11.5 Å². The molecule has 0 rings (SSSR count). The highest BCUT2D eigenvalue weighted by Gasteiger charge is 2.31. The maximum atomic E-state index is 11.4. The molecule has 0 radical (unpaired) electrons. The molecule has 114 valence electrons. The third-order valence-electron chi connectivity index (χ3n) is 3.98. The summed E-state index contributed by atoms with van der Waals surface area (Å²) in [7, 11) is 0. The Morgan fingerprint density at radius 2 is 2.00 bits per heavy atom. The van der Waals surface area contributed by atoms with Gasteiger partial charge in [-0.05, 0) is 59.2 Å². The summed E-state index contributed by atoms with van der Waals surface area (Å²) >= 11 is 0. The van der Waals surface area contributed by atoms with Crippen LogP contribution in [0.4, 0.5) is 0 Å². The van der Waals surface area contributed by atoms with Crippen molar-refractivity contribution in [1.82, 2.24) is 10.2 Å². The van der Waals surface area contributed by atoms with Crippen LogP contribution in [0.1, 0.15) is 60.3 Å². The van der Waals surface area contributed by atoms with Crippen LogP contribution < -0.4 is 5.32 Å². The molecule has 0 spiro atoms. The van der Waals surface area contributed by atoms with Crippen LogP contribution in [0.3, 0.4) is 0 Å². The first-order valence-corrected chi connectivity index (χ1v) is 7.63. The van der Waals surface area contributed by atoms with Crippen LogP contribution in [0, 0.1) is 0 Å². The fourth-order valence-corrected chi connectivity index (χ4v) is 2.26. The van der Waals surface area contributed by atoms with Crippen molar-refractivity contribution < 1.29 is 9.90 Å². The van der Waals surface area contributed by atoms with Gasteiger partial charge < -0.3 is 15.3 Å². The van der Waals surface area contributed by atoms with E-state index >= 15 is 0 Å². The van der Waals surface area contributed by atoms with Crippen molar-refractivity contribution in [1.29, 1.82) is 0 Å². The summed E-state index contributed by atoms with van der Waals surface area (Å²) in [6.45, 7) is 13.2. The van der Waals surface area contributed by atoms with Crippen LogP contribution in [0.2, 0.25) is 0 Å². The molecular weight excluding hydrogens is 240 g/mol. The molecule has 2 atom stereocenters. The van der Waals surface area contributed by atoms with Crippen LogP contribution in [0.25, 0.3) is 0 Å². The average molecular weight is 272 g/mol. The van der Waals surface area contributed by atoms with Gasteiger partial charge in [-0.15, -0.1) is 0 Å². The van der Waals surface area contributed by atoms with Crippen molar-refractivity contribution in [3.05, 3.63) is 0 Å². The van der Waals surface area contributed by atoms with Crippen molar-refractivity contribution in [2.45, 2.75) is 71.9 Å². The largest absolute Gasteiger partial charge is 0.480 e. The van der Waals surface area contributed by atoms with Gasteiger partial charge in [-0.3, -0.25) is 4.79 Å². The monoisotopic (exact) mass is 272 g/mol. The Hall–Kier alpha value is -0.610.